The van der Waals surface area contributed by atoms with E-state index in [-0.39, 0.29) is 32.7 Å². The zero-order valence-corrected chi connectivity index (χ0v) is 14.8. The van der Waals surface area contributed by atoms with Crippen LogP contribution < -0.4 is 0 Å². The van der Waals surface area contributed by atoms with Crippen LogP contribution in [0.5, 0.6) is 0 Å². The van der Waals surface area contributed by atoms with Crippen molar-refractivity contribution >= 4 is 0 Å². The summed E-state index contributed by atoms with van der Waals surface area (Å²) < 4.78 is 0. The SMILES string of the molecule is CC.CC1CCN(CC2CC[N-]CC2)CC1.[Y]. The monoisotopic (exact) mass is 314 g/mol. The Kier molecular flexibility index (Phi) is 11.6. The van der Waals surface area contributed by atoms with Gasteiger partial charge >= 0.3 is 0 Å². The van der Waals surface area contributed by atoms with Gasteiger partial charge in [0.2, 0.25) is 0 Å². The average Bonchev–Trinajstić information content (AvgIpc) is 2.36. The van der Waals surface area contributed by atoms with E-state index in [1.165, 1.54) is 45.3 Å². The molecule has 2 rings (SSSR count). The minimum Gasteiger partial charge on any atom is -0.662 e. The summed E-state index contributed by atoms with van der Waals surface area (Å²) in [5, 5.41) is 4.41. The largest absolute Gasteiger partial charge is 0.662 e. The Morgan fingerprint density at radius 2 is 1.53 bits per heavy atom. The van der Waals surface area contributed by atoms with Crippen molar-refractivity contribution in [2.24, 2.45) is 11.8 Å². The number of piperidine rings is 2. The van der Waals surface area contributed by atoms with Crippen LogP contribution in [0.2, 0.25) is 0 Å². The van der Waals surface area contributed by atoms with Gasteiger partial charge < -0.3 is 10.2 Å². The smallest absolute Gasteiger partial charge is 0.000842 e. The molecule has 0 aromatic carbocycles. The van der Waals surface area contributed by atoms with Crippen LogP contribution in [0.4, 0.5) is 0 Å². The van der Waals surface area contributed by atoms with E-state index in [4.69, 9.17) is 0 Å². The molecular formula is C14H29N2Y-. The molecule has 0 aliphatic carbocycles. The van der Waals surface area contributed by atoms with Gasteiger partial charge in [-0.2, -0.15) is 0 Å². The predicted octanol–water partition coefficient (Wildman–Crippen LogP) is 3.53. The van der Waals surface area contributed by atoms with Gasteiger partial charge in [0, 0.05) is 39.3 Å². The van der Waals surface area contributed by atoms with Gasteiger partial charge in [-0.05, 0) is 37.8 Å². The van der Waals surface area contributed by atoms with Gasteiger partial charge in [0.1, 0.15) is 0 Å². The van der Waals surface area contributed by atoms with Gasteiger partial charge in [-0.15, -0.1) is 13.1 Å². The second-order valence-electron chi connectivity index (χ2n) is 5.10. The topological polar surface area (TPSA) is 17.3 Å². The van der Waals surface area contributed by atoms with Crippen LogP contribution in [0.1, 0.15) is 46.5 Å². The minimum atomic E-state index is 0. The molecule has 0 saturated carbocycles. The normalized spacial score (nSPS) is 23.5. The summed E-state index contributed by atoms with van der Waals surface area (Å²) in [6, 6.07) is 0. The fraction of sp³-hybridized carbons (Fsp3) is 1.00. The van der Waals surface area contributed by atoms with Gasteiger partial charge in [-0.1, -0.05) is 33.6 Å². The molecule has 1 radical (unpaired) electrons. The molecule has 2 aliphatic heterocycles. The first kappa shape index (κ1) is 18.0. The molecular weight excluding hydrogens is 285 g/mol. The quantitative estimate of drug-likeness (QED) is 0.762. The molecule has 2 fully saturated rings. The fourth-order valence-corrected chi connectivity index (χ4v) is 2.60. The van der Waals surface area contributed by atoms with Crippen molar-refractivity contribution in [1.82, 2.24) is 4.90 Å². The predicted molar refractivity (Wildman–Crippen MR) is 72.0 cm³/mol. The van der Waals surface area contributed by atoms with E-state index in [0.29, 0.717) is 0 Å². The van der Waals surface area contributed by atoms with Crippen LogP contribution in [0, 0.1) is 11.8 Å². The van der Waals surface area contributed by atoms with Crippen LogP contribution in [-0.2, 0) is 32.7 Å². The first-order valence-electron chi connectivity index (χ1n) is 7.20. The van der Waals surface area contributed by atoms with Crippen LogP contribution in [0.3, 0.4) is 0 Å². The molecule has 0 unspecified atom stereocenters. The summed E-state index contributed by atoms with van der Waals surface area (Å²) in [5.74, 6) is 1.91. The van der Waals surface area contributed by atoms with Gasteiger partial charge in [0.25, 0.3) is 0 Å². The minimum absolute atomic E-state index is 0. The van der Waals surface area contributed by atoms with Crippen molar-refractivity contribution in [3.8, 4) is 0 Å². The second-order valence-corrected chi connectivity index (χ2v) is 5.10. The van der Waals surface area contributed by atoms with Gasteiger partial charge in [-0.25, -0.2) is 0 Å². The van der Waals surface area contributed by atoms with Gasteiger partial charge in [-0.3, -0.25) is 0 Å². The molecule has 99 valence electrons. The third kappa shape index (κ3) is 7.25. The van der Waals surface area contributed by atoms with E-state index in [0.717, 1.165) is 24.9 Å². The Bertz CT molecular complexity index is 162. The summed E-state index contributed by atoms with van der Waals surface area (Å²) in [6.45, 7) is 12.7. The van der Waals surface area contributed by atoms with Crippen LogP contribution in [0.25, 0.3) is 5.32 Å². The molecule has 0 aromatic heterocycles. The Morgan fingerprint density at radius 3 is 2.06 bits per heavy atom. The number of hydrogen-bond donors (Lipinski definition) is 0. The summed E-state index contributed by atoms with van der Waals surface area (Å²) in [4.78, 5) is 2.68. The van der Waals surface area contributed by atoms with E-state index < -0.39 is 0 Å². The summed E-state index contributed by atoms with van der Waals surface area (Å²) >= 11 is 0. The molecule has 0 aromatic rings. The third-order valence-electron chi connectivity index (χ3n) is 3.78. The molecule has 2 nitrogen and oxygen atoms in total. The van der Waals surface area contributed by atoms with Crippen LogP contribution in [0.15, 0.2) is 0 Å². The molecule has 0 bridgehead atoms. The summed E-state index contributed by atoms with van der Waals surface area (Å²) in [5.41, 5.74) is 0. The van der Waals surface area contributed by atoms with Crippen molar-refractivity contribution in [3.63, 3.8) is 0 Å². The summed E-state index contributed by atoms with van der Waals surface area (Å²) in [6.07, 6.45) is 5.51. The maximum atomic E-state index is 4.41. The van der Waals surface area contributed by atoms with Crippen LogP contribution >= 0.6 is 0 Å². The summed E-state index contributed by atoms with van der Waals surface area (Å²) in [7, 11) is 0. The number of rotatable bonds is 2. The number of likely N-dealkylation sites (tertiary alicyclic amines) is 1. The van der Waals surface area contributed by atoms with Crippen LogP contribution in [-0.4, -0.2) is 37.6 Å². The van der Waals surface area contributed by atoms with Crippen molar-refractivity contribution in [2.75, 3.05) is 32.7 Å². The molecule has 0 atom stereocenters. The second kappa shape index (κ2) is 10.9. The molecule has 2 heterocycles. The van der Waals surface area contributed by atoms with Gasteiger partial charge in [0.05, 0.1) is 0 Å². The maximum Gasteiger partial charge on any atom is 0.000842 e. The molecule has 17 heavy (non-hydrogen) atoms. The molecule has 0 amide bonds. The number of hydrogen-bond acceptors (Lipinski definition) is 1. The Labute approximate surface area is 133 Å². The zero-order chi connectivity index (χ0) is 11.8. The van der Waals surface area contributed by atoms with Crippen molar-refractivity contribution < 1.29 is 32.7 Å². The van der Waals surface area contributed by atoms with E-state index in [2.05, 4.69) is 17.1 Å². The first-order chi connectivity index (χ1) is 7.84. The maximum absolute atomic E-state index is 4.41. The third-order valence-corrected chi connectivity index (χ3v) is 3.78. The molecule has 2 aliphatic rings. The molecule has 2 saturated heterocycles. The van der Waals surface area contributed by atoms with E-state index in [9.17, 15) is 0 Å². The molecule has 0 N–H and O–H groups in total. The zero-order valence-electron chi connectivity index (χ0n) is 12.0. The van der Waals surface area contributed by atoms with Crippen molar-refractivity contribution in [1.29, 1.82) is 0 Å². The van der Waals surface area contributed by atoms with E-state index >= 15 is 0 Å². The fourth-order valence-electron chi connectivity index (χ4n) is 2.60. The van der Waals surface area contributed by atoms with E-state index in [1.54, 1.807) is 0 Å². The Hall–Kier alpha value is 1.02. The van der Waals surface area contributed by atoms with Crippen molar-refractivity contribution in [3.05, 3.63) is 5.32 Å². The average molecular weight is 314 g/mol. The van der Waals surface area contributed by atoms with E-state index in [1.807, 2.05) is 13.8 Å². The molecule has 0 spiro atoms. The standard InChI is InChI=1S/C12H23N2.C2H6.Y/c1-11-4-8-14(9-5-11)10-12-2-6-13-7-3-12;1-2;/h11-12H,2-10H2,1H3;1-2H3;/q-1;;. The Morgan fingerprint density at radius 1 is 1.00 bits per heavy atom. The van der Waals surface area contributed by atoms with Crippen molar-refractivity contribution in [2.45, 2.75) is 46.5 Å². The first-order valence-corrected chi connectivity index (χ1v) is 7.20. The molecule has 3 heteroatoms. The number of nitrogens with zero attached hydrogens (tertiary/aromatic N) is 2. The van der Waals surface area contributed by atoms with Gasteiger partial charge in [0.15, 0.2) is 0 Å². The Balaban J connectivity index is 0.000000811.